The summed E-state index contributed by atoms with van der Waals surface area (Å²) >= 11 is 0. The van der Waals surface area contributed by atoms with E-state index in [9.17, 15) is 14.3 Å². The molecule has 2 atom stereocenters. The van der Waals surface area contributed by atoms with E-state index in [0.29, 0.717) is 6.42 Å². The maximum Gasteiger partial charge on any atom is 0.472 e. The summed E-state index contributed by atoms with van der Waals surface area (Å²) in [5, 5.41) is 0. The minimum Gasteiger partial charge on any atom is -0.492 e. The topological polar surface area (TPSA) is 117 Å². The van der Waals surface area contributed by atoms with E-state index in [1.807, 2.05) is 6.08 Å². The number of allylic oxidation sites excluding steroid dienone is 3. The van der Waals surface area contributed by atoms with E-state index in [1.165, 1.54) is 116 Å². The molecule has 0 aromatic carbocycles. The summed E-state index contributed by atoms with van der Waals surface area (Å²) in [4.78, 5) is 22.1. The van der Waals surface area contributed by atoms with Crippen LogP contribution in [0.1, 0.15) is 174 Å². The van der Waals surface area contributed by atoms with Crippen LogP contribution >= 0.6 is 7.82 Å². The lowest BCUT2D eigenvalue weighted by Crippen LogP contribution is -2.25. The van der Waals surface area contributed by atoms with Crippen molar-refractivity contribution in [3.8, 4) is 0 Å². The average Bonchev–Trinajstić information content (AvgIpc) is 3.05. The molecule has 0 saturated carbocycles. The van der Waals surface area contributed by atoms with Crippen LogP contribution in [-0.4, -0.2) is 43.3 Å². The summed E-state index contributed by atoms with van der Waals surface area (Å²) < 4.78 is 33.0. The molecule has 9 heteroatoms. The number of rotatable bonds is 36. The number of nitrogens with two attached hydrogens (primary N) is 1. The number of unbranched alkanes of at least 4 members (excludes halogenated alkanes) is 21. The van der Waals surface area contributed by atoms with Crippen LogP contribution in [0.15, 0.2) is 24.5 Å². The first-order valence-electron chi connectivity index (χ1n) is 18.9. The van der Waals surface area contributed by atoms with Crippen LogP contribution in [0.2, 0.25) is 0 Å². The zero-order valence-corrected chi connectivity index (χ0v) is 30.7. The predicted molar refractivity (Wildman–Crippen MR) is 192 cm³/mol. The second-order valence-electron chi connectivity index (χ2n) is 12.5. The molecule has 46 heavy (non-hydrogen) atoms. The SMILES string of the molecule is CCCCCCC=CCCCCCCCC(=O)OC[C@H](COP(=O)(O)OCCN)OC=CCCCCCCCCCCCCCC. The van der Waals surface area contributed by atoms with Crippen LogP contribution in [0.25, 0.3) is 0 Å². The van der Waals surface area contributed by atoms with Gasteiger partial charge in [-0.15, -0.1) is 0 Å². The number of hydrogen-bond acceptors (Lipinski definition) is 7. The van der Waals surface area contributed by atoms with E-state index in [4.69, 9.17) is 24.3 Å². The van der Waals surface area contributed by atoms with Gasteiger partial charge in [-0.1, -0.05) is 135 Å². The Morgan fingerprint density at radius 3 is 1.63 bits per heavy atom. The van der Waals surface area contributed by atoms with Gasteiger partial charge >= 0.3 is 13.8 Å². The van der Waals surface area contributed by atoms with E-state index in [-0.39, 0.29) is 32.3 Å². The number of hydrogen-bond donors (Lipinski definition) is 2. The van der Waals surface area contributed by atoms with Crippen molar-refractivity contribution in [3.63, 3.8) is 0 Å². The molecule has 1 unspecified atom stereocenters. The molecule has 0 radical (unpaired) electrons. The molecule has 0 aromatic rings. The number of esters is 1. The lowest BCUT2D eigenvalue weighted by atomic mass is 10.0. The highest BCUT2D eigenvalue weighted by atomic mass is 31.2. The van der Waals surface area contributed by atoms with Crippen molar-refractivity contribution < 1.29 is 32.8 Å². The third kappa shape index (κ3) is 34.2. The first kappa shape index (κ1) is 44.8. The van der Waals surface area contributed by atoms with Crippen molar-refractivity contribution in [1.82, 2.24) is 0 Å². The number of ether oxygens (including phenoxy) is 2. The van der Waals surface area contributed by atoms with Gasteiger partial charge in [0.25, 0.3) is 0 Å². The molecule has 0 aliphatic rings. The summed E-state index contributed by atoms with van der Waals surface area (Å²) in [5.74, 6) is -0.299. The van der Waals surface area contributed by atoms with Crippen molar-refractivity contribution in [3.05, 3.63) is 24.5 Å². The number of phosphoric ester groups is 1. The van der Waals surface area contributed by atoms with Gasteiger partial charge in [-0.05, 0) is 51.0 Å². The number of carbonyl (C=O) groups is 1. The maximum atomic E-state index is 12.3. The van der Waals surface area contributed by atoms with E-state index < -0.39 is 13.9 Å². The fourth-order valence-corrected chi connectivity index (χ4v) is 5.86. The Balaban J connectivity index is 4.15. The Morgan fingerprint density at radius 2 is 1.11 bits per heavy atom. The molecule has 0 amide bonds. The Bertz CT molecular complexity index is 762. The highest BCUT2D eigenvalue weighted by Crippen LogP contribution is 2.43. The number of phosphoric acid groups is 1. The Morgan fingerprint density at radius 1 is 0.652 bits per heavy atom. The van der Waals surface area contributed by atoms with E-state index in [2.05, 4.69) is 26.0 Å². The largest absolute Gasteiger partial charge is 0.492 e. The van der Waals surface area contributed by atoms with Gasteiger partial charge in [0, 0.05) is 13.0 Å². The highest BCUT2D eigenvalue weighted by molar-refractivity contribution is 7.47. The van der Waals surface area contributed by atoms with Gasteiger partial charge in [0.15, 0.2) is 6.10 Å². The lowest BCUT2D eigenvalue weighted by molar-refractivity contribution is -0.147. The normalized spacial score (nSPS) is 13.8. The average molecular weight is 674 g/mol. The van der Waals surface area contributed by atoms with E-state index >= 15 is 0 Å². The van der Waals surface area contributed by atoms with Crippen LogP contribution in [0.5, 0.6) is 0 Å². The monoisotopic (exact) mass is 674 g/mol. The molecule has 3 N–H and O–H groups in total. The zero-order valence-electron chi connectivity index (χ0n) is 29.8. The summed E-state index contributed by atoms with van der Waals surface area (Å²) in [6.45, 7) is 4.19. The molecule has 0 saturated heterocycles. The summed E-state index contributed by atoms with van der Waals surface area (Å²) in [5.41, 5.74) is 5.34. The molecule has 0 aliphatic heterocycles. The Labute approximate surface area is 283 Å². The van der Waals surface area contributed by atoms with Crippen LogP contribution in [-0.2, 0) is 27.9 Å². The van der Waals surface area contributed by atoms with Crippen molar-refractivity contribution in [2.45, 2.75) is 180 Å². The Hall–Kier alpha value is -1.18. The minimum atomic E-state index is -4.26. The van der Waals surface area contributed by atoms with Crippen LogP contribution < -0.4 is 5.73 Å². The summed E-state index contributed by atoms with van der Waals surface area (Å²) in [7, 11) is -4.26. The van der Waals surface area contributed by atoms with Crippen molar-refractivity contribution in [2.75, 3.05) is 26.4 Å². The highest BCUT2D eigenvalue weighted by Gasteiger charge is 2.24. The zero-order chi connectivity index (χ0) is 33.8. The second-order valence-corrected chi connectivity index (χ2v) is 14.0. The van der Waals surface area contributed by atoms with Crippen molar-refractivity contribution >= 4 is 13.8 Å². The van der Waals surface area contributed by atoms with Crippen molar-refractivity contribution in [1.29, 1.82) is 0 Å². The van der Waals surface area contributed by atoms with Gasteiger partial charge in [-0.3, -0.25) is 13.8 Å². The molecule has 0 aromatic heterocycles. The third-order valence-electron chi connectivity index (χ3n) is 7.96. The standard InChI is InChI=1S/C37H72NO7P/c1-3-5-7-9-11-13-15-17-19-21-23-25-27-29-32-42-36(35-45-46(40,41)44-33-31-38)34-43-37(39)30-28-26-24-22-20-18-16-14-12-10-8-6-4-2/h14,16,29,32,36H,3-13,15,17-28,30-31,33-35,38H2,1-2H3,(H,40,41)/t36-/m1/s1. The van der Waals surface area contributed by atoms with Crippen molar-refractivity contribution in [2.24, 2.45) is 5.73 Å². The first-order chi connectivity index (χ1) is 22.4. The first-order valence-corrected chi connectivity index (χ1v) is 20.4. The van der Waals surface area contributed by atoms with Crippen LogP contribution in [0.4, 0.5) is 0 Å². The molecule has 0 spiro atoms. The summed E-state index contributed by atoms with van der Waals surface area (Å²) in [6, 6.07) is 0. The molecule has 0 rings (SSSR count). The lowest BCUT2D eigenvalue weighted by Gasteiger charge is -2.19. The smallest absolute Gasteiger partial charge is 0.472 e. The summed E-state index contributed by atoms with van der Waals surface area (Å²) in [6.07, 6.45) is 37.1. The predicted octanol–water partition coefficient (Wildman–Crippen LogP) is 10.9. The third-order valence-corrected chi connectivity index (χ3v) is 8.94. The second kappa shape index (κ2) is 35.1. The maximum absolute atomic E-state index is 12.3. The quantitative estimate of drug-likeness (QED) is 0.0222. The molecule has 272 valence electrons. The molecule has 0 heterocycles. The molecular formula is C37H72NO7P. The van der Waals surface area contributed by atoms with Crippen LogP contribution in [0.3, 0.4) is 0 Å². The van der Waals surface area contributed by atoms with E-state index in [0.717, 1.165) is 38.5 Å². The van der Waals surface area contributed by atoms with Gasteiger partial charge < -0.3 is 20.1 Å². The molecular weight excluding hydrogens is 601 g/mol. The fourth-order valence-electron chi connectivity index (χ4n) is 5.09. The van der Waals surface area contributed by atoms with Gasteiger partial charge in [-0.2, -0.15) is 0 Å². The molecule has 0 bridgehead atoms. The number of carbonyl (C=O) groups excluding carboxylic acids is 1. The minimum absolute atomic E-state index is 0.0660. The molecule has 8 nitrogen and oxygen atoms in total. The van der Waals surface area contributed by atoms with Gasteiger partial charge in [0.05, 0.1) is 19.5 Å². The van der Waals surface area contributed by atoms with E-state index in [1.54, 1.807) is 6.26 Å². The fraction of sp³-hybridized carbons (Fsp3) is 0.865. The van der Waals surface area contributed by atoms with Gasteiger partial charge in [0.1, 0.15) is 6.61 Å². The van der Waals surface area contributed by atoms with Gasteiger partial charge in [-0.25, -0.2) is 4.57 Å². The molecule has 0 aliphatic carbocycles. The van der Waals surface area contributed by atoms with Gasteiger partial charge in [0.2, 0.25) is 0 Å². The Kier molecular flexibility index (Phi) is 34.2. The molecule has 0 fully saturated rings. The van der Waals surface area contributed by atoms with Crippen LogP contribution in [0, 0.1) is 0 Å².